The third-order valence-electron chi connectivity index (χ3n) is 3.55. The molecule has 0 heterocycles. The number of amides is 2. The highest BCUT2D eigenvalue weighted by molar-refractivity contribution is 5.78. The normalized spacial score (nSPS) is 16.9. The summed E-state index contributed by atoms with van der Waals surface area (Å²) in [6.45, 7) is 2.19. The van der Waals surface area contributed by atoms with Gasteiger partial charge in [0.2, 0.25) is 11.8 Å². The van der Waals surface area contributed by atoms with E-state index in [1.54, 1.807) is 0 Å². The maximum atomic E-state index is 11.8. The molecule has 1 aliphatic rings. The van der Waals surface area contributed by atoms with Crippen LogP contribution in [0.4, 0.5) is 0 Å². The molecule has 0 aromatic carbocycles. The summed E-state index contributed by atoms with van der Waals surface area (Å²) in [7, 11) is 0. The topological polar surface area (TPSA) is 95.5 Å². The zero-order valence-corrected chi connectivity index (χ0v) is 11.3. The maximum Gasteiger partial charge on any atom is 0.303 e. The summed E-state index contributed by atoms with van der Waals surface area (Å²) < 4.78 is 0. The predicted octanol–water partition coefficient (Wildman–Crippen LogP) is 0.664. The second-order valence-electron chi connectivity index (χ2n) is 5.29. The molecule has 1 saturated carbocycles. The zero-order valence-electron chi connectivity index (χ0n) is 11.3. The highest BCUT2D eigenvalue weighted by Gasteiger charge is 2.37. The average molecular weight is 270 g/mol. The van der Waals surface area contributed by atoms with Crippen molar-refractivity contribution in [3.8, 4) is 0 Å². The van der Waals surface area contributed by atoms with Gasteiger partial charge in [-0.25, -0.2) is 0 Å². The first-order valence-electron chi connectivity index (χ1n) is 6.66. The van der Waals surface area contributed by atoms with E-state index in [0.717, 1.165) is 25.7 Å². The maximum absolute atomic E-state index is 11.8. The lowest BCUT2D eigenvalue weighted by atomic mass is 9.79. The van der Waals surface area contributed by atoms with Gasteiger partial charge in [-0.05, 0) is 18.3 Å². The Bertz CT molecular complexity index is 349. The molecule has 0 aromatic rings. The number of aliphatic carboxylic acids is 1. The van der Waals surface area contributed by atoms with Gasteiger partial charge in [0.05, 0.1) is 6.42 Å². The van der Waals surface area contributed by atoms with E-state index in [4.69, 9.17) is 5.11 Å². The van der Waals surface area contributed by atoms with Crippen molar-refractivity contribution in [2.24, 2.45) is 5.41 Å². The van der Waals surface area contributed by atoms with Gasteiger partial charge >= 0.3 is 5.97 Å². The molecule has 0 atom stereocenters. The smallest absolute Gasteiger partial charge is 0.303 e. The van der Waals surface area contributed by atoms with Crippen LogP contribution in [0.25, 0.3) is 0 Å². The van der Waals surface area contributed by atoms with Crippen LogP contribution in [0, 0.1) is 5.41 Å². The van der Waals surface area contributed by atoms with Crippen molar-refractivity contribution in [3.05, 3.63) is 0 Å². The molecule has 0 saturated heterocycles. The fourth-order valence-electron chi connectivity index (χ4n) is 2.71. The van der Waals surface area contributed by atoms with Crippen LogP contribution in [0.5, 0.6) is 0 Å². The zero-order chi connectivity index (χ0) is 14.3. The van der Waals surface area contributed by atoms with Crippen LogP contribution >= 0.6 is 0 Å². The first-order chi connectivity index (χ1) is 8.93. The van der Waals surface area contributed by atoms with Gasteiger partial charge in [-0.3, -0.25) is 14.4 Å². The van der Waals surface area contributed by atoms with Crippen LogP contribution in [0.2, 0.25) is 0 Å². The molecule has 0 aromatic heterocycles. The average Bonchev–Trinajstić information content (AvgIpc) is 2.71. The second kappa shape index (κ2) is 7.11. The highest BCUT2D eigenvalue weighted by Crippen LogP contribution is 2.43. The quantitative estimate of drug-likeness (QED) is 0.592. The summed E-state index contributed by atoms with van der Waals surface area (Å²) in [6, 6.07) is 0. The van der Waals surface area contributed by atoms with Crippen molar-refractivity contribution in [2.75, 3.05) is 13.1 Å². The Kier molecular flexibility index (Phi) is 5.79. The first-order valence-corrected chi connectivity index (χ1v) is 6.66. The summed E-state index contributed by atoms with van der Waals surface area (Å²) in [4.78, 5) is 33.4. The largest absolute Gasteiger partial charge is 0.481 e. The number of carboxylic acid groups (broad SMARTS) is 1. The fraction of sp³-hybridized carbons (Fsp3) is 0.769. The highest BCUT2D eigenvalue weighted by atomic mass is 16.4. The monoisotopic (exact) mass is 270 g/mol. The Morgan fingerprint density at radius 1 is 1.05 bits per heavy atom. The van der Waals surface area contributed by atoms with E-state index >= 15 is 0 Å². The Balaban J connectivity index is 2.35. The SMILES string of the molecule is CC(=O)NCCNC(=O)CC1(CC(=O)O)CCCC1. The van der Waals surface area contributed by atoms with Gasteiger partial charge in [-0.2, -0.15) is 0 Å². The molecule has 2 amide bonds. The van der Waals surface area contributed by atoms with Crippen molar-refractivity contribution in [1.82, 2.24) is 10.6 Å². The van der Waals surface area contributed by atoms with Gasteiger partial charge < -0.3 is 15.7 Å². The van der Waals surface area contributed by atoms with E-state index in [0.29, 0.717) is 13.1 Å². The van der Waals surface area contributed by atoms with Crippen molar-refractivity contribution < 1.29 is 19.5 Å². The second-order valence-corrected chi connectivity index (χ2v) is 5.29. The Hall–Kier alpha value is -1.59. The molecule has 1 fully saturated rings. The molecule has 0 spiro atoms. The molecular formula is C13H22N2O4. The standard InChI is InChI=1S/C13H22N2O4/c1-10(16)14-6-7-15-11(17)8-13(9-12(18)19)4-2-3-5-13/h2-9H2,1H3,(H,14,16)(H,15,17)(H,18,19). The number of carboxylic acids is 1. The molecule has 0 bridgehead atoms. The van der Waals surface area contributed by atoms with E-state index < -0.39 is 5.97 Å². The summed E-state index contributed by atoms with van der Waals surface area (Å²) in [5.41, 5.74) is -0.371. The summed E-state index contributed by atoms with van der Waals surface area (Å²) in [6.07, 6.45) is 3.92. The lowest BCUT2D eigenvalue weighted by Crippen LogP contribution is -2.36. The minimum absolute atomic E-state index is 0.0616. The number of carbonyl (C=O) groups is 3. The van der Waals surface area contributed by atoms with Gasteiger partial charge in [0.25, 0.3) is 0 Å². The van der Waals surface area contributed by atoms with Crippen molar-refractivity contribution >= 4 is 17.8 Å². The molecular weight excluding hydrogens is 248 g/mol. The summed E-state index contributed by atoms with van der Waals surface area (Å²) in [5.74, 6) is -1.10. The molecule has 0 radical (unpaired) electrons. The minimum atomic E-state index is -0.840. The van der Waals surface area contributed by atoms with E-state index in [9.17, 15) is 14.4 Å². The van der Waals surface area contributed by atoms with Crippen molar-refractivity contribution in [1.29, 1.82) is 0 Å². The van der Waals surface area contributed by atoms with Crippen LogP contribution in [-0.4, -0.2) is 36.0 Å². The summed E-state index contributed by atoms with van der Waals surface area (Å²) >= 11 is 0. The Morgan fingerprint density at radius 3 is 2.16 bits per heavy atom. The number of rotatable bonds is 7. The number of carbonyl (C=O) groups excluding carboxylic acids is 2. The van der Waals surface area contributed by atoms with E-state index in [2.05, 4.69) is 10.6 Å². The molecule has 0 unspecified atom stereocenters. The molecule has 108 valence electrons. The van der Waals surface area contributed by atoms with Crippen LogP contribution in [0.15, 0.2) is 0 Å². The van der Waals surface area contributed by atoms with Gasteiger partial charge in [-0.15, -0.1) is 0 Å². The molecule has 6 nitrogen and oxygen atoms in total. The van der Waals surface area contributed by atoms with Crippen LogP contribution < -0.4 is 10.6 Å². The lowest BCUT2D eigenvalue weighted by molar-refractivity contribution is -0.140. The van der Waals surface area contributed by atoms with E-state index in [-0.39, 0.29) is 30.1 Å². The predicted molar refractivity (Wildman–Crippen MR) is 69.5 cm³/mol. The van der Waals surface area contributed by atoms with Gasteiger partial charge in [0, 0.05) is 26.4 Å². The van der Waals surface area contributed by atoms with Gasteiger partial charge in [-0.1, -0.05) is 12.8 Å². The molecule has 6 heteroatoms. The molecule has 0 aliphatic heterocycles. The van der Waals surface area contributed by atoms with E-state index in [1.165, 1.54) is 6.92 Å². The van der Waals surface area contributed by atoms with Gasteiger partial charge in [0.15, 0.2) is 0 Å². The van der Waals surface area contributed by atoms with Crippen LogP contribution in [0.3, 0.4) is 0 Å². The van der Waals surface area contributed by atoms with Crippen molar-refractivity contribution in [2.45, 2.75) is 45.4 Å². The van der Waals surface area contributed by atoms with E-state index in [1.807, 2.05) is 0 Å². The fourth-order valence-corrected chi connectivity index (χ4v) is 2.71. The molecule has 3 N–H and O–H groups in total. The molecule has 19 heavy (non-hydrogen) atoms. The minimum Gasteiger partial charge on any atom is -0.481 e. The van der Waals surface area contributed by atoms with Crippen LogP contribution in [0.1, 0.15) is 45.4 Å². The number of hydrogen-bond acceptors (Lipinski definition) is 3. The first kappa shape index (κ1) is 15.5. The summed E-state index contributed by atoms with van der Waals surface area (Å²) in [5, 5.41) is 14.3. The molecule has 1 rings (SSSR count). The third kappa shape index (κ3) is 5.72. The number of nitrogens with one attached hydrogen (secondary N) is 2. The Morgan fingerprint density at radius 2 is 1.63 bits per heavy atom. The van der Waals surface area contributed by atoms with Crippen molar-refractivity contribution in [3.63, 3.8) is 0 Å². The lowest BCUT2D eigenvalue weighted by Gasteiger charge is -2.26. The van der Waals surface area contributed by atoms with Crippen LogP contribution in [-0.2, 0) is 14.4 Å². The molecule has 1 aliphatic carbocycles. The van der Waals surface area contributed by atoms with Gasteiger partial charge in [0.1, 0.15) is 0 Å². The third-order valence-corrected chi connectivity index (χ3v) is 3.55. The Labute approximate surface area is 112 Å². The number of hydrogen-bond donors (Lipinski definition) is 3.